The van der Waals surface area contributed by atoms with Crippen molar-refractivity contribution >= 4 is 0 Å². The van der Waals surface area contributed by atoms with E-state index in [-0.39, 0.29) is 11.5 Å². The van der Waals surface area contributed by atoms with Gasteiger partial charge in [0.1, 0.15) is 0 Å². The first-order valence-electron chi connectivity index (χ1n) is 12.8. The topological polar surface area (TPSA) is 20.2 Å². The van der Waals surface area contributed by atoms with Gasteiger partial charge in [0.05, 0.1) is 6.10 Å². The van der Waals surface area contributed by atoms with Crippen LogP contribution in [0.1, 0.15) is 98.8 Å². The van der Waals surface area contributed by atoms with Crippen molar-refractivity contribution < 1.29 is 5.11 Å². The first-order chi connectivity index (χ1) is 13.7. The van der Waals surface area contributed by atoms with Crippen LogP contribution in [0.15, 0.2) is 23.8 Å². The Balaban J connectivity index is 1.52. The summed E-state index contributed by atoms with van der Waals surface area (Å²) in [6, 6.07) is 0. The number of fused-ring (bicyclic) bond motifs is 5. The minimum absolute atomic E-state index is 0.265. The Morgan fingerprint density at radius 3 is 2.52 bits per heavy atom. The zero-order valence-corrected chi connectivity index (χ0v) is 19.8. The molecule has 4 rings (SSSR count). The van der Waals surface area contributed by atoms with Gasteiger partial charge in [0.2, 0.25) is 0 Å². The maximum absolute atomic E-state index is 10.4. The minimum atomic E-state index is -0.303. The molecule has 0 amide bonds. The highest BCUT2D eigenvalue weighted by atomic mass is 16.3. The normalized spacial score (nSPS) is 45.4. The minimum Gasteiger partial charge on any atom is -0.388 e. The van der Waals surface area contributed by atoms with E-state index in [9.17, 15) is 5.11 Å². The fourth-order valence-electron chi connectivity index (χ4n) is 8.73. The average Bonchev–Trinajstić information content (AvgIpc) is 3.02. The molecule has 164 valence electrons. The van der Waals surface area contributed by atoms with Crippen molar-refractivity contribution in [1.29, 1.82) is 0 Å². The summed E-state index contributed by atoms with van der Waals surface area (Å²) in [7, 11) is 0. The van der Waals surface area contributed by atoms with Gasteiger partial charge in [-0.25, -0.2) is 0 Å². The number of aliphatic hydroxyl groups excluding tert-OH is 1. The summed E-state index contributed by atoms with van der Waals surface area (Å²) in [5.41, 5.74) is 3.29. The Labute approximate surface area is 180 Å². The predicted molar refractivity (Wildman–Crippen MR) is 124 cm³/mol. The van der Waals surface area contributed by atoms with E-state index in [4.69, 9.17) is 0 Å². The van der Waals surface area contributed by atoms with E-state index in [1.807, 2.05) is 0 Å². The second-order valence-electron chi connectivity index (χ2n) is 12.3. The van der Waals surface area contributed by atoms with Crippen molar-refractivity contribution in [1.82, 2.24) is 0 Å². The summed E-state index contributed by atoms with van der Waals surface area (Å²) in [6.45, 7) is 16.8. The Kier molecular flexibility index (Phi) is 5.86. The van der Waals surface area contributed by atoms with Crippen LogP contribution in [0.3, 0.4) is 0 Å². The van der Waals surface area contributed by atoms with Crippen LogP contribution in [0.2, 0.25) is 0 Å². The van der Waals surface area contributed by atoms with Crippen molar-refractivity contribution in [2.45, 2.75) is 105 Å². The molecule has 1 heteroatoms. The maximum atomic E-state index is 10.4. The quantitative estimate of drug-likeness (QED) is 0.506. The van der Waals surface area contributed by atoms with Crippen LogP contribution in [0, 0.1) is 46.3 Å². The van der Waals surface area contributed by atoms with Gasteiger partial charge in [-0.2, -0.15) is 0 Å². The van der Waals surface area contributed by atoms with Crippen LogP contribution in [0.4, 0.5) is 0 Å². The van der Waals surface area contributed by atoms with Gasteiger partial charge < -0.3 is 5.11 Å². The van der Waals surface area contributed by atoms with Crippen molar-refractivity contribution in [3.05, 3.63) is 23.8 Å². The van der Waals surface area contributed by atoms with Gasteiger partial charge in [-0.1, -0.05) is 66.5 Å². The molecule has 8 atom stereocenters. The summed E-state index contributed by atoms with van der Waals surface area (Å²) in [6.07, 6.45) is 15.5. The molecule has 0 spiro atoms. The molecule has 29 heavy (non-hydrogen) atoms. The van der Waals surface area contributed by atoms with Crippen LogP contribution in [-0.2, 0) is 0 Å². The molecule has 1 N–H and O–H groups in total. The van der Waals surface area contributed by atoms with Crippen LogP contribution in [0.5, 0.6) is 0 Å². The monoisotopic (exact) mass is 398 g/mol. The van der Waals surface area contributed by atoms with Crippen molar-refractivity contribution in [3.63, 3.8) is 0 Å². The molecule has 4 aliphatic rings. The summed E-state index contributed by atoms with van der Waals surface area (Å²) in [4.78, 5) is 0. The zero-order valence-electron chi connectivity index (χ0n) is 19.8. The molecule has 4 aliphatic carbocycles. The van der Waals surface area contributed by atoms with Crippen molar-refractivity contribution in [2.75, 3.05) is 0 Å². The first kappa shape index (κ1) is 21.7. The van der Waals surface area contributed by atoms with Crippen LogP contribution >= 0.6 is 0 Å². The molecule has 0 aromatic rings. The second-order valence-corrected chi connectivity index (χ2v) is 12.3. The largest absolute Gasteiger partial charge is 0.388 e. The molecule has 0 aliphatic heterocycles. The molecule has 0 radical (unpaired) electrons. The maximum Gasteiger partial charge on any atom is 0.0787 e. The predicted octanol–water partition coefficient (Wildman–Crippen LogP) is 7.55. The Bertz CT molecular complexity index is 659. The Morgan fingerprint density at radius 2 is 1.79 bits per heavy atom. The molecule has 0 bridgehead atoms. The molecule has 1 nitrogen and oxygen atoms in total. The Morgan fingerprint density at radius 1 is 1.03 bits per heavy atom. The number of hydrogen-bond acceptors (Lipinski definition) is 1. The van der Waals surface area contributed by atoms with E-state index in [0.717, 1.165) is 53.9 Å². The molecule has 3 fully saturated rings. The molecule has 0 aromatic carbocycles. The lowest BCUT2D eigenvalue weighted by Gasteiger charge is -2.58. The molecule has 0 aromatic heterocycles. The third kappa shape index (κ3) is 3.48. The van der Waals surface area contributed by atoms with Crippen LogP contribution in [-0.4, -0.2) is 11.2 Å². The van der Waals surface area contributed by atoms with E-state index < -0.39 is 0 Å². The number of hydrogen-bond donors (Lipinski definition) is 1. The molecule has 3 saturated carbocycles. The van der Waals surface area contributed by atoms with E-state index in [1.165, 1.54) is 56.9 Å². The van der Waals surface area contributed by atoms with Crippen molar-refractivity contribution in [2.24, 2.45) is 46.3 Å². The van der Waals surface area contributed by atoms with Gasteiger partial charge in [0.15, 0.2) is 0 Å². The molecule has 0 unspecified atom stereocenters. The van der Waals surface area contributed by atoms with Gasteiger partial charge in [0, 0.05) is 0 Å². The lowest BCUT2D eigenvalue weighted by Crippen LogP contribution is -2.51. The second kappa shape index (κ2) is 7.85. The number of allylic oxidation sites excluding steroid dienone is 1. The van der Waals surface area contributed by atoms with E-state index in [2.05, 4.69) is 47.3 Å². The third-order valence-electron chi connectivity index (χ3n) is 10.4. The fourth-order valence-corrected chi connectivity index (χ4v) is 8.73. The fraction of sp³-hybridized carbons (Fsp3) is 0.857. The lowest BCUT2D eigenvalue weighted by molar-refractivity contribution is -0.0516. The van der Waals surface area contributed by atoms with E-state index >= 15 is 0 Å². The Hall–Kier alpha value is -0.560. The van der Waals surface area contributed by atoms with Crippen LogP contribution in [0.25, 0.3) is 0 Å². The summed E-state index contributed by atoms with van der Waals surface area (Å²) in [5.74, 6) is 5.24. The van der Waals surface area contributed by atoms with Gasteiger partial charge in [-0.05, 0) is 102 Å². The summed E-state index contributed by atoms with van der Waals surface area (Å²) in [5, 5.41) is 10.4. The molecular weight excluding hydrogens is 352 g/mol. The molecular formula is C28H46O. The highest BCUT2D eigenvalue weighted by molar-refractivity contribution is 5.42. The number of rotatable bonds is 5. The lowest BCUT2D eigenvalue weighted by atomic mass is 9.46. The molecule has 0 heterocycles. The van der Waals surface area contributed by atoms with Crippen molar-refractivity contribution in [3.8, 4) is 0 Å². The molecule has 0 saturated heterocycles. The highest BCUT2D eigenvalue weighted by Crippen LogP contribution is 2.67. The van der Waals surface area contributed by atoms with E-state index in [1.54, 1.807) is 0 Å². The van der Waals surface area contributed by atoms with Gasteiger partial charge in [-0.3, -0.25) is 0 Å². The highest BCUT2D eigenvalue weighted by Gasteiger charge is 2.59. The zero-order chi connectivity index (χ0) is 21.0. The van der Waals surface area contributed by atoms with Gasteiger partial charge in [-0.15, -0.1) is 0 Å². The van der Waals surface area contributed by atoms with Gasteiger partial charge in [0.25, 0.3) is 0 Å². The summed E-state index contributed by atoms with van der Waals surface area (Å²) < 4.78 is 0. The van der Waals surface area contributed by atoms with Gasteiger partial charge >= 0.3 is 0 Å². The first-order valence-corrected chi connectivity index (χ1v) is 12.8. The standard InChI is InChI=1S/C28H46O/c1-18(2)8-7-9-19(3)22-12-13-24-21-10-11-23-20(4)26(29)15-17-28(23,6)25(21)14-16-27(22,24)5/h11,18-19,21-22,24-26,29H,4,7-10,12-17H2,1-3,5-6H3/t19-,21+,22-,24+,25+,26+,27-,28+/m1/s1. The van der Waals surface area contributed by atoms with E-state index in [0.29, 0.717) is 5.41 Å². The van der Waals surface area contributed by atoms with Crippen LogP contribution < -0.4 is 0 Å². The smallest absolute Gasteiger partial charge is 0.0787 e. The summed E-state index contributed by atoms with van der Waals surface area (Å²) >= 11 is 0. The third-order valence-corrected chi connectivity index (χ3v) is 10.4. The average molecular weight is 399 g/mol. The number of aliphatic hydroxyl groups is 1. The SMILES string of the molecule is C=C1C2=CC[C@H]3[C@@H]4CC[C@H]([C@H](C)CCCC(C)C)[C@@]4(C)CC[C@@H]3[C@@]2(C)CC[C@@H]1O.